The van der Waals surface area contributed by atoms with Gasteiger partial charge in [-0.3, -0.25) is 9.59 Å². The second-order valence-corrected chi connectivity index (χ2v) is 2.69. The molecule has 0 aliphatic heterocycles. The predicted octanol–water partition coefficient (Wildman–Crippen LogP) is -1.65. The molecular weight excluding hydrogens is 190 g/mol. The number of primary amides is 1. The molecule has 0 radical (unpaired) electrons. The number of aliphatic carboxylic acids is 1. The van der Waals surface area contributed by atoms with E-state index >= 15 is 0 Å². The molecule has 0 saturated carbocycles. The van der Waals surface area contributed by atoms with Crippen LogP contribution in [0.5, 0.6) is 0 Å². The molecule has 3 N–H and O–H groups in total. The molecule has 1 atom stereocenters. The third-order valence-corrected chi connectivity index (χ3v) is 1.65. The van der Waals surface area contributed by atoms with Crippen molar-refractivity contribution in [3.63, 3.8) is 0 Å². The lowest BCUT2D eigenvalue weighted by molar-refractivity contribution is -0.136. The first-order valence-electron chi connectivity index (χ1n) is 3.80. The van der Waals surface area contributed by atoms with Gasteiger partial charge in [-0.2, -0.15) is 0 Å². The monoisotopic (exact) mass is 199 g/mol. The van der Waals surface area contributed by atoms with Crippen LogP contribution < -0.4 is 5.73 Å². The second-order valence-electron chi connectivity index (χ2n) is 2.69. The van der Waals surface area contributed by atoms with Gasteiger partial charge in [0.1, 0.15) is 12.5 Å². The van der Waals surface area contributed by atoms with Crippen molar-refractivity contribution in [3.8, 4) is 0 Å². The summed E-state index contributed by atoms with van der Waals surface area (Å²) in [6.07, 6.45) is -0.343. The van der Waals surface area contributed by atoms with E-state index in [1.807, 2.05) is 0 Å². The van der Waals surface area contributed by atoms with Gasteiger partial charge in [-0.1, -0.05) is 0 Å². The summed E-state index contributed by atoms with van der Waals surface area (Å²) in [5.41, 5.74) is 5.02. The molecule has 1 aromatic heterocycles. The molecule has 14 heavy (non-hydrogen) atoms. The number of nitrogens with zero attached hydrogens (tertiary/aromatic N) is 4. The van der Waals surface area contributed by atoms with Crippen LogP contribution in [-0.2, 0) is 16.0 Å². The lowest BCUT2D eigenvalue weighted by atomic mass is 10.3. The zero-order chi connectivity index (χ0) is 10.7. The molecule has 0 aromatic carbocycles. The fourth-order valence-electron chi connectivity index (χ4n) is 0.885. The van der Waals surface area contributed by atoms with Gasteiger partial charge in [-0.25, -0.2) is 4.68 Å². The van der Waals surface area contributed by atoms with Crippen LogP contribution in [-0.4, -0.2) is 37.2 Å². The molecule has 1 heterocycles. The maximum atomic E-state index is 10.8. The maximum absolute atomic E-state index is 10.8. The summed E-state index contributed by atoms with van der Waals surface area (Å²) in [5, 5.41) is 18.7. The van der Waals surface area contributed by atoms with Gasteiger partial charge in [0, 0.05) is 0 Å². The van der Waals surface area contributed by atoms with Gasteiger partial charge in [0.25, 0.3) is 0 Å². The third kappa shape index (κ3) is 2.03. The highest BCUT2D eigenvalue weighted by atomic mass is 16.4. The zero-order valence-electron chi connectivity index (χ0n) is 7.41. The van der Waals surface area contributed by atoms with Crippen LogP contribution in [0, 0.1) is 0 Å². The summed E-state index contributed by atoms with van der Waals surface area (Å²) < 4.78 is 1.09. The minimum Gasteiger partial charge on any atom is -0.481 e. The van der Waals surface area contributed by atoms with Crippen LogP contribution >= 0.6 is 0 Å². The Morgan fingerprint density at radius 3 is 2.79 bits per heavy atom. The summed E-state index contributed by atoms with van der Waals surface area (Å²) in [5.74, 6) is -1.59. The SMILES string of the molecule is CC(C(N)=O)n1nnnc1CC(=O)O. The Kier molecular flexibility index (Phi) is 2.75. The number of hydrogen-bond donors (Lipinski definition) is 2. The van der Waals surface area contributed by atoms with Crippen molar-refractivity contribution in [2.45, 2.75) is 19.4 Å². The third-order valence-electron chi connectivity index (χ3n) is 1.65. The summed E-state index contributed by atoms with van der Waals surface area (Å²) in [7, 11) is 0. The van der Waals surface area contributed by atoms with Crippen molar-refractivity contribution < 1.29 is 14.7 Å². The minimum atomic E-state index is -1.07. The van der Waals surface area contributed by atoms with E-state index in [4.69, 9.17) is 10.8 Å². The molecule has 0 spiro atoms. The van der Waals surface area contributed by atoms with Gasteiger partial charge < -0.3 is 10.8 Å². The molecule has 76 valence electrons. The molecule has 0 aliphatic rings. The van der Waals surface area contributed by atoms with Crippen LogP contribution in [0.2, 0.25) is 0 Å². The number of tetrazole rings is 1. The highest BCUT2D eigenvalue weighted by Gasteiger charge is 2.18. The van der Waals surface area contributed by atoms with E-state index in [2.05, 4.69) is 15.5 Å². The van der Waals surface area contributed by atoms with E-state index in [9.17, 15) is 9.59 Å². The highest BCUT2D eigenvalue weighted by Crippen LogP contribution is 2.05. The summed E-state index contributed by atoms with van der Waals surface area (Å²) in [4.78, 5) is 21.2. The molecule has 1 unspecified atom stereocenters. The van der Waals surface area contributed by atoms with E-state index in [-0.39, 0.29) is 12.2 Å². The molecule has 1 rings (SSSR count). The standard InChI is InChI=1S/C6H9N5O3/c1-3(6(7)14)11-4(2-5(12)13)8-9-10-11/h3H,2H2,1H3,(H2,7,14)(H,12,13). The molecular formula is C6H9N5O3. The quantitative estimate of drug-likeness (QED) is 0.598. The molecule has 0 saturated heterocycles. The van der Waals surface area contributed by atoms with Gasteiger partial charge in [0.05, 0.1) is 0 Å². The average molecular weight is 199 g/mol. The number of carbonyl (C=O) groups excluding carboxylic acids is 1. The van der Waals surface area contributed by atoms with Crippen molar-refractivity contribution in [1.29, 1.82) is 0 Å². The number of hydrogen-bond acceptors (Lipinski definition) is 5. The van der Waals surface area contributed by atoms with E-state index in [0.717, 1.165) is 4.68 Å². The first-order chi connectivity index (χ1) is 6.52. The summed E-state index contributed by atoms with van der Waals surface area (Å²) >= 11 is 0. The van der Waals surface area contributed by atoms with E-state index < -0.39 is 17.9 Å². The number of nitrogens with two attached hydrogens (primary N) is 1. The van der Waals surface area contributed by atoms with Crippen LogP contribution in [0.1, 0.15) is 18.8 Å². The number of carboxylic acids is 1. The van der Waals surface area contributed by atoms with Crippen LogP contribution in [0.25, 0.3) is 0 Å². The Morgan fingerprint density at radius 2 is 2.29 bits per heavy atom. The molecule has 0 aliphatic carbocycles. The number of carbonyl (C=O) groups is 2. The number of carboxylic acid groups (broad SMARTS) is 1. The molecule has 0 bridgehead atoms. The lowest BCUT2D eigenvalue weighted by Crippen LogP contribution is -2.27. The second kappa shape index (κ2) is 3.81. The Balaban J connectivity index is 2.92. The first kappa shape index (κ1) is 10.1. The molecule has 8 nitrogen and oxygen atoms in total. The first-order valence-corrected chi connectivity index (χ1v) is 3.80. The van der Waals surface area contributed by atoms with Crippen LogP contribution in [0.3, 0.4) is 0 Å². The topological polar surface area (TPSA) is 124 Å². The van der Waals surface area contributed by atoms with Crippen molar-refractivity contribution in [2.24, 2.45) is 5.73 Å². The number of rotatable bonds is 4. The largest absolute Gasteiger partial charge is 0.481 e. The molecule has 8 heteroatoms. The summed E-state index contributed by atoms with van der Waals surface area (Å²) in [6, 6.07) is -0.751. The van der Waals surface area contributed by atoms with E-state index in [1.165, 1.54) is 6.92 Å². The molecule has 1 amide bonds. The van der Waals surface area contributed by atoms with Crippen molar-refractivity contribution >= 4 is 11.9 Å². The number of aromatic nitrogens is 4. The predicted molar refractivity (Wildman–Crippen MR) is 43.1 cm³/mol. The Bertz CT molecular complexity index is 360. The van der Waals surface area contributed by atoms with E-state index in [0.29, 0.717) is 0 Å². The fourth-order valence-corrected chi connectivity index (χ4v) is 0.885. The van der Waals surface area contributed by atoms with Crippen molar-refractivity contribution in [1.82, 2.24) is 20.2 Å². The zero-order valence-corrected chi connectivity index (χ0v) is 7.41. The number of amides is 1. The van der Waals surface area contributed by atoms with Gasteiger partial charge in [-0.15, -0.1) is 5.10 Å². The smallest absolute Gasteiger partial charge is 0.311 e. The summed E-state index contributed by atoms with van der Waals surface area (Å²) in [6.45, 7) is 1.49. The average Bonchev–Trinajstić information content (AvgIpc) is 2.49. The minimum absolute atomic E-state index is 0.101. The maximum Gasteiger partial charge on any atom is 0.311 e. The lowest BCUT2D eigenvalue weighted by Gasteiger charge is -2.07. The highest BCUT2D eigenvalue weighted by molar-refractivity contribution is 5.78. The van der Waals surface area contributed by atoms with Gasteiger partial charge in [-0.05, 0) is 17.4 Å². The van der Waals surface area contributed by atoms with Crippen LogP contribution in [0.4, 0.5) is 0 Å². The Labute approximate surface area is 78.7 Å². The normalized spacial score (nSPS) is 12.4. The van der Waals surface area contributed by atoms with E-state index in [1.54, 1.807) is 0 Å². The fraction of sp³-hybridized carbons (Fsp3) is 0.500. The molecule has 1 aromatic rings. The Hall–Kier alpha value is -1.99. The van der Waals surface area contributed by atoms with Gasteiger partial charge in [0.2, 0.25) is 5.91 Å². The molecule has 0 fully saturated rings. The van der Waals surface area contributed by atoms with Gasteiger partial charge >= 0.3 is 5.97 Å². The van der Waals surface area contributed by atoms with Crippen LogP contribution in [0.15, 0.2) is 0 Å². The Morgan fingerprint density at radius 1 is 1.64 bits per heavy atom. The van der Waals surface area contributed by atoms with Crippen molar-refractivity contribution in [2.75, 3.05) is 0 Å². The van der Waals surface area contributed by atoms with Gasteiger partial charge in [0.15, 0.2) is 5.82 Å². The van der Waals surface area contributed by atoms with Crippen molar-refractivity contribution in [3.05, 3.63) is 5.82 Å².